The van der Waals surface area contributed by atoms with Crippen molar-refractivity contribution in [1.29, 1.82) is 0 Å². The minimum absolute atomic E-state index is 0.0154. The molecule has 2 aliphatic heterocycles. The fourth-order valence-electron chi connectivity index (χ4n) is 4.36. The average Bonchev–Trinajstić information content (AvgIpc) is 3.40. The van der Waals surface area contributed by atoms with Crippen molar-refractivity contribution in [2.24, 2.45) is 17.3 Å². The van der Waals surface area contributed by atoms with Crippen LogP contribution in [0.2, 0.25) is 0 Å². The second-order valence-electron chi connectivity index (χ2n) is 7.72. The summed E-state index contributed by atoms with van der Waals surface area (Å²) in [5, 5.41) is 0. The summed E-state index contributed by atoms with van der Waals surface area (Å²) in [5.74, 6) is 1.07. The van der Waals surface area contributed by atoms with Crippen molar-refractivity contribution in [3.63, 3.8) is 0 Å². The van der Waals surface area contributed by atoms with Crippen LogP contribution >= 0.6 is 0 Å². The summed E-state index contributed by atoms with van der Waals surface area (Å²) in [6, 6.07) is 0. The Morgan fingerprint density at radius 2 is 1.96 bits per heavy atom. The molecule has 25 heavy (non-hydrogen) atoms. The number of carbonyl (C=O) groups is 1. The predicted molar refractivity (Wildman–Crippen MR) is 90.5 cm³/mol. The van der Waals surface area contributed by atoms with Gasteiger partial charge >= 0.3 is 0 Å². The molecule has 1 saturated carbocycles. The number of hydrogen-bond acceptors (Lipinski definition) is 5. The zero-order valence-corrected chi connectivity index (χ0v) is 14.7. The number of hydrogen-bond donors (Lipinski definition) is 0. The molecule has 1 spiro atoms. The molecule has 1 unspecified atom stereocenters. The van der Waals surface area contributed by atoms with Crippen LogP contribution in [0.25, 0.3) is 0 Å². The first-order valence-corrected chi connectivity index (χ1v) is 9.11. The molecule has 1 aliphatic carbocycles. The number of aromatic nitrogens is 2. The molecule has 1 amide bonds. The summed E-state index contributed by atoms with van der Waals surface area (Å²) in [7, 11) is 1.67. The van der Waals surface area contributed by atoms with Gasteiger partial charge in [-0.3, -0.25) is 4.79 Å². The zero-order valence-electron chi connectivity index (χ0n) is 14.7. The molecule has 1 aromatic rings. The van der Waals surface area contributed by atoms with E-state index in [9.17, 15) is 9.18 Å². The van der Waals surface area contributed by atoms with E-state index in [1.165, 1.54) is 25.2 Å². The maximum absolute atomic E-state index is 13.0. The van der Waals surface area contributed by atoms with Crippen LogP contribution in [0.1, 0.15) is 25.7 Å². The fraction of sp³-hybridized carbons (Fsp3) is 0.722. The monoisotopic (exact) mass is 348 g/mol. The van der Waals surface area contributed by atoms with Gasteiger partial charge in [-0.05, 0) is 31.6 Å². The van der Waals surface area contributed by atoms with Crippen LogP contribution in [0.3, 0.4) is 0 Å². The molecule has 2 saturated heterocycles. The second-order valence-corrected chi connectivity index (χ2v) is 7.72. The Morgan fingerprint density at radius 3 is 2.56 bits per heavy atom. The number of nitrogens with zero attached hydrogens (tertiary/aromatic N) is 4. The van der Waals surface area contributed by atoms with E-state index in [0.717, 1.165) is 39.0 Å². The lowest BCUT2D eigenvalue weighted by atomic mass is 9.71. The normalized spacial score (nSPS) is 25.8. The minimum atomic E-state index is -0.422. The predicted octanol–water partition coefficient (Wildman–Crippen LogP) is 1.72. The highest BCUT2D eigenvalue weighted by atomic mass is 19.1. The molecule has 3 fully saturated rings. The third kappa shape index (κ3) is 3.21. The second kappa shape index (κ2) is 6.52. The number of methoxy groups -OCH3 is 1. The maximum atomic E-state index is 13.0. The number of piperidine rings is 1. The summed E-state index contributed by atoms with van der Waals surface area (Å²) < 4.78 is 18.4. The van der Waals surface area contributed by atoms with Crippen molar-refractivity contribution in [3.8, 4) is 0 Å². The number of rotatable bonds is 5. The van der Waals surface area contributed by atoms with E-state index >= 15 is 0 Å². The smallest absolute Gasteiger partial charge is 0.228 e. The molecule has 3 aliphatic rings. The van der Waals surface area contributed by atoms with Crippen molar-refractivity contribution in [3.05, 3.63) is 18.2 Å². The molecule has 4 rings (SSSR count). The Kier molecular flexibility index (Phi) is 4.35. The van der Waals surface area contributed by atoms with Gasteiger partial charge in [-0.2, -0.15) is 0 Å². The van der Waals surface area contributed by atoms with E-state index in [1.54, 1.807) is 7.11 Å². The van der Waals surface area contributed by atoms with E-state index in [4.69, 9.17) is 4.74 Å². The first-order valence-electron chi connectivity index (χ1n) is 9.11. The molecule has 0 radical (unpaired) electrons. The lowest BCUT2D eigenvalue weighted by Crippen LogP contribution is -2.46. The van der Waals surface area contributed by atoms with Gasteiger partial charge in [0.25, 0.3) is 0 Å². The Bertz CT molecular complexity index is 626. The summed E-state index contributed by atoms with van der Waals surface area (Å²) in [4.78, 5) is 25.2. The highest BCUT2D eigenvalue weighted by Gasteiger charge is 2.53. The van der Waals surface area contributed by atoms with E-state index in [2.05, 4.69) is 19.8 Å². The van der Waals surface area contributed by atoms with Crippen LogP contribution in [0.4, 0.5) is 10.3 Å². The van der Waals surface area contributed by atoms with Crippen LogP contribution in [-0.4, -0.2) is 60.7 Å². The Morgan fingerprint density at radius 1 is 1.28 bits per heavy atom. The highest BCUT2D eigenvalue weighted by molar-refractivity contribution is 5.82. The topological polar surface area (TPSA) is 58.6 Å². The maximum Gasteiger partial charge on any atom is 0.228 e. The van der Waals surface area contributed by atoms with Gasteiger partial charge in [0.15, 0.2) is 5.82 Å². The van der Waals surface area contributed by atoms with Crippen molar-refractivity contribution in [1.82, 2.24) is 14.9 Å². The Hall–Kier alpha value is -1.76. The molecule has 1 aromatic heterocycles. The van der Waals surface area contributed by atoms with Crippen molar-refractivity contribution < 1.29 is 13.9 Å². The molecule has 3 heterocycles. The van der Waals surface area contributed by atoms with Crippen LogP contribution in [0, 0.1) is 23.1 Å². The lowest BCUT2D eigenvalue weighted by molar-refractivity contribution is -0.133. The van der Waals surface area contributed by atoms with Crippen LogP contribution in [0.15, 0.2) is 12.4 Å². The molecule has 136 valence electrons. The highest BCUT2D eigenvalue weighted by Crippen LogP contribution is 2.47. The third-order valence-electron chi connectivity index (χ3n) is 6.01. The molecular weight excluding hydrogens is 323 g/mol. The summed E-state index contributed by atoms with van der Waals surface area (Å²) in [6.45, 7) is 3.82. The minimum Gasteiger partial charge on any atom is -0.384 e. The van der Waals surface area contributed by atoms with Crippen molar-refractivity contribution >= 4 is 11.9 Å². The number of likely N-dealkylation sites (tertiary alicyclic amines) is 1. The van der Waals surface area contributed by atoms with Gasteiger partial charge in [0, 0.05) is 38.7 Å². The number of anilines is 1. The van der Waals surface area contributed by atoms with Crippen molar-refractivity contribution in [2.75, 3.05) is 44.8 Å². The Balaban J connectivity index is 1.47. The lowest BCUT2D eigenvalue weighted by Gasteiger charge is -2.41. The fourth-order valence-corrected chi connectivity index (χ4v) is 4.36. The van der Waals surface area contributed by atoms with Crippen LogP contribution in [-0.2, 0) is 9.53 Å². The molecule has 6 nitrogen and oxygen atoms in total. The first kappa shape index (κ1) is 16.7. The van der Waals surface area contributed by atoms with Crippen LogP contribution < -0.4 is 4.90 Å². The average molecular weight is 348 g/mol. The first-order chi connectivity index (χ1) is 12.1. The van der Waals surface area contributed by atoms with Gasteiger partial charge in [0.2, 0.25) is 11.9 Å². The van der Waals surface area contributed by atoms with Gasteiger partial charge in [0.1, 0.15) is 0 Å². The largest absolute Gasteiger partial charge is 0.384 e. The standard InChI is InChI=1S/C18H25FN4O2/c1-25-11-15-16(24)23(10-13-2-3-13)12-18(15)4-6-22(7-5-18)17-20-8-14(19)9-21-17/h8-9,13,15H,2-7,10-12H2,1H3. The van der Waals surface area contributed by atoms with E-state index < -0.39 is 5.82 Å². The number of carbonyl (C=O) groups excluding carboxylic acids is 1. The van der Waals surface area contributed by atoms with Gasteiger partial charge in [-0.25, -0.2) is 14.4 Å². The van der Waals surface area contributed by atoms with Gasteiger partial charge in [-0.15, -0.1) is 0 Å². The molecule has 0 N–H and O–H groups in total. The third-order valence-corrected chi connectivity index (χ3v) is 6.01. The summed E-state index contributed by atoms with van der Waals surface area (Å²) in [5.41, 5.74) is -0.0154. The molecule has 0 bridgehead atoms. The molecule has 0 aromatic carbocycles. The number of ether oxygens (including phenoxy) is 1. The van der Waals surface area contributed by atoms with Gasteiger partial charge in [0.05, 0.1) is 24.9 Å². The van der Waals surface area contributed by atoms with Crippen LogP contribution in [0.5, 0.6) is 0 Å². The Labute approximate surface area is 147 Å². The van der Waals surface area contributed by atoms with Gasteiger partial charge < -0.3 is 14.5 Å². The van der Waals surface area contributed by atoms with E-state index in [1.807, 2.05) is 0 Å². The van der Waals surface area contributed by atoms with E-state index in [-0.39, 0.29) is 17.2 Å². The van der Waals surface area contributed by atoms with Crippen molar-refractivity contribution in [2.45, 2.75) is 25.7 Å². The zero-order chi connectivity index (χ0) is 17.4. The molecule has 7 heteroatoms. The quantitative estimate of drug-likeness (QED) is 0.811. The number of halogens is 1. The number of amides is 1. The van der Waals surface area contributed by atoms with Gasteiger partial charge in [-0.1, -0.05) is 0 Å². The summed E-state index contributed by atoms with van der Waals surface area (Å²) >= 11 is 0. The SMILES string of the molecule is COCC1C(=O)N(CC2CC2)CC12CCN(c1ncc(F)cn1)CC2. The molecule has 1 atom stereocenters. The molecular formula is C18H25FN4O2. The van der Waals surface area contributed by atoms with E-state index in [0.29, 0.717) is 18.5 Å². The summed E-state index contributed by atoms with van der Waals surface area (Å²) in [6.07, 6.45) is 6.74.